The Morgan fingerprint density at radius 1 is 1.03 bits per heavy atom. The van der Waals surface area contributed by atoms with E-state index in [-0.39, 0.29) is 11.8 Å². The zero-order chi connectivity index (χ0) is 21.0. The number of rotatable bonds is 6. The van der Waals surface area contributed by atoms with Gasteiger partial charge in [-0.25, -0.2) is 4.98 Å². The van der Waals surface area contributed by atoms with E-state index in [1.807, 2.05) is 17.5 Å². The molecule has 0 aliphatic heterocycles. The molecule has 2 aromatic carbocycles. The maximum atomic E-state index is 12.6. The van der Waals surface area contributed by atoms with Crippen LogP contribution in [0.3, 0.4) is 0 Å². The number of hydrogen-bond donors (Lipinski definition) is 2. The topological polar surface area (TPSA) is 89.5 Å². The zero-order valence-corrected chi connectivity index (χ0v) is 18.3. The molecule has 0 radical (unpaired) electrons. The van der Waals surface area contributed by atoms with E-state index >= 15 is 0 Å². The third-order valence-corrected chi connectivity index (χ3v) is 5.47. The molecule has 29 heavy (non-hydrogen) atoms. The summed E-state index contributed by atoms with van der Waals surface area (Å²) in [5.74, 6) is 0.538. The van der Waals surface area contributed by atoms with Crippen molar-refractivity contribution >= 4 is 49.9 Å². The van der Waals surface area contributed by atoms with Crippen molar-refractivity contribution in [3.05, 3.63) is 51.8 Å². The first-order valence-corrected chi connectivity index (χ1v) is 10.1. The van der Waals surface area contributed by atoms with Gasteiger partial charge in [0.2, 0.25) is 5.91 Å². The first kappa shape index (κ1) is 20.8. The molecule has 0 saturated heterocycles. The highest BCUT2D eigenvalue weighted by molar-refractivity contribution is 9.10. The van der Waals surface area contributed by atoms with Crippen molar-refractivity contribution in [1.29, 1.82) is 0 Å². The van der Waals surface area contributed by atoms with Gasteiger partial charge in [-0.2, -0.15) is 0 Å². The van der Waals surface area contributed by atoms with E-state index < -0.39 is 0 Å². The number of benzene rings is 2. The van der Waals surface area contributed by atoms with Crippen LogP contribution in [0.5, 0.6) is 11.5 Å². The summed E-state index contributed by atoms with van der Waals surface area (Å²) >= 11 is 4.70. The molecule has 2 amide bonds. The molecule has 0 atom stereocenters. The number of ether oxygens (including phenoxy) is 2. The molecule has 0 bridgehead atoms. The number of aromatic nitrogens is 1. The van der Waals surface area contributed by atoms with Crippen molar-refractivity contribution in [3.8, 4) is 22.8 Å². The van der Waals surface area contributed by atoms with Crippen LogP contribution in [0.2, 0.25) is 0 Å². The van der Waals surface area contributed by atoms with Crippen LogP contribution < -0.4 is 20.1 Å². The van der Waals surface area contributed by atoms with Crippen LogP contribution in [0.25, 0.3) is 11.3 Å². The quantitative estimate of drug-likeness (QED) is 0.534. The molecule has 9 heteroatoms. The van der Waals surface area contributed by atoms with Gasteiger partial charge in [-0.15, -0.1) is 11.3 Å². The van der Waals surface area contributed by atoms with Crippen LogP contribution in [0.15, 0.2) is 46.3 Å². The van der Waals surface area contributed by atoms with Crippen LogP contribution in [0.4, 0.5) is 10.8 Å². The summed E-state index contributed by atoms with van der Waals surface area (Å²) in [7, 11) is 3.04. The normalized spacial score (nSPS) is 10.3. The number of methoxy groups -OCH3 is 2. The second-order valence-electron chi connectivity index (χ2n) is 5.95. The van der Waals surface area contributed by atoms with Crippen molar-refractivity contribution in [2.45, 2.75) is 6.92 Å². The lowest BCUT2D eigenvalue weighted by molar-refractivity contribution is -0.114. The molecule has 3 aromatic rings. The van der Waals surface area contributed by atoms with Crippen LogP contribution in [-0.4, -0.2) is 31.0 Å². The Balaban J connectivity index is 1.76. The lowest BCUT2D eigenvalue weighted by Crippen LogP contribution is -2.12. The van der Waals surface area contributed by atoms with Crippen LogP contribution in [-0.2, 0) is 4.79 Å². The molecular weight excluding hydrogens is 458 g/mol. The predicted molar refractivity (Wildman–Crippen MR) is 117 cm³/mol. The molecule has 0 spiro atoms. The van der Waals surface area contributed by atoms with Gasteiger partial charge in [0.25, 0.3) is 5.91 Å². The fourth-order valence-electron chi connectivity index (χ4n) is 2.56. The molecule has 0 fully saturated rings. The van der Waals surface area contributed by atoms with E-state index in [0.29, 0.717) is 32.4 Å². The lowest BCUT2D eigenvalue weighted by Gasteiger charge is -2.11. The number of carbonyl (C=O) groups excluding carboxylic acids is 2. The Morgan fingerprint density at radius 2 is 1.66 bits per heavy atom. The van der Waals surface area contributed by atoms with Gasteiger partial charge in [0.05, 0.1) is 19.9 Å². The summed E-state index contributed by atoms with van der Waals surface area (Å²) in [6.45, 7) is 1.46. The average molecular weight is 476 g/mol. The summed E-state index contributed by atoms with van der Waals surface area (Å²) in [5, 5.41) is 7.83. The third-order valence-electron chi connectivity index (χ3n) is 3.93. The second kappa shape index (κ2) is 9.06. The minimum absolute atomic E-state index is 0.127. The van der Waals surface area contributed by atoms with Gasteiger partial charge >= 0.3 is 0 Å². The highest BCUT2D eigenvalue weighted by Crippen LogP contribution is 2.36. The molecule has 3 rings (SSSR count). The molecule has 0 saturated carbocycles. The van der Waals surface area contributed by atoms with Crippen LogP contribution in [0.1, 0.15) is 17.3 Å². The minimum Gasteiger partial charge on any atom is -0.495 e. The second-order valence-corrected chi connectivity index (χ2v) is 7.60. The lowest BCUT2D eigenvalue weighted by atomic mass is 10.1. The van der Waals surface area contributed by atoms with Gasteiger partial charge < -0.3 is 14.8 Å². The van der Waals surface area contributed by atoms with Crippen molar-refractivity contribution in [2.24, 2.45) is 0 Å². The number of amides is 2. The highest BCUT2D eigenvalue weighted by Gasteiger charge is 2.16. The van der Waals surface area contributed by atoms with Crippen molar-refractivity contribution in [3.63, 3.8) is 0 Å². The molecule has 7 nitrogen and oxygen atoms in total. The number of halogens is 1. The van der Waals surface area contributed by atoms with Crippen molar-refractivity contribution < 1.29 is 19.1 Å². The predicted octanol–water partition coefficient (Wildman–Crippen LogP) is 4.80. The highest BCUT2D eigenvalue weighted by atomic mass is 79.9. The van der Waals surface area contributed by atoms with Crippen LogP contribution >= 0.6 is 27.3 Å². The molecule has 0 unspecified atom stereocenters. The minimum atomic E-state index is -0.323. The maximum Gasteiger partial charge on any atom is 0.257 e. The molecule has 0 aliphatic carbocycles. The van der Waals surface area contributed by atoms with E-state index in [4.69, 9.17) is 9.47 Å². The zero-order valence-electron chi connectivity index (χ0n) is 15.9. The molecule has 150 valence electrons. The molecule has 0 aliphatic rings. The van der Waals surface area contributed by atoms with Crippen molar-refractivity contribution in [1.82, 2.24) is 4.98 Å². The standard InChI is InChI=1S/C20H18BrN3O4S/c1-11(25)22-14-6-4-12(5-7-14)15-10-29-20(23-15)24-19(26)13-8-16(27-2)18(21)17(9-13)28-3/h4-10H,1-3H3,(H,22,25)(H,23,24,26). The first-order valence-electron chi connectivity index (χ1n) is 8.47. The van der Waals surface area contributed by atoms with E-state index in [9.17, 15) is 9.59 Å². The Morgan fingerprint density at radius 3 is 2.21 bits per heavy atom. The van der Waals surface area contributed by atoms with Gasteiger partial charge in [-0.05, 0) is 40.2 Å². The van der Waals surface area contributed by atoms with Gasteiger partial charge in [0.15, 0.2) is 5.13 Å². The van der Waals surface area contributed by atoms with Gasteiger partial charge in [-0.3, -0.25) is 14.9 Å². The number of nitrogens with zero attached hydrogens (tertiary/aromatic N) is 1. The van der Waals surface area contributed by atoms with Gasteiger partial charge in [0, 0.05) is 29.1 Å². The Labute approximate surface area is 180 Å². The SMILES string of the molecule is COc1cc(C(=O)Nc2nc(-c3ccc(NC(C)=O)cc3)cs2)cc(OC)c1Br. The number of carbonyl (C=O) groups is 2. The smallest absolute Gasteiger partial charge is 0.257 e. The fraction of sp³-hybridized carbons (Fsp3) is 0.150. The molecule has 1 heterocycles. The third kappa shape index (κ3) is 4.93. The maximum absolute atomic E-state index is 12.6. The van der Waals surface area contributed by atoms with E-state index in [1.54, 1.807) is 24.3 Å². The van der Waals surface area contributed by atoms with E-state index in [2.05, 4.69) is 31.5 Å². The van der Waals surface area contributed by atoms with E-state index in [0.717, 1.165) is 11.3 Å². The summed E-state index contributed by atoms with van der Waals surface area (Å²) in [6.07, 6.45) is 0. The van der Waals surface area contributed by atoms with Crippen molar-refractivity contribution in [2.75, 3.05) is 24.9 Å². The molecule has 1 aromatic heterocycles. The first-order chi connectivity index (χ1) is 13.9. The number of thiazole rings is 1. The fourth-order valence-corrected chi connectivity index (χ4v) is 3.83. The molecule has 2 N–H and O–H groups in total. The summed E-state index contributed by atoms with van der Waals surface area (Å²) in [4.78, 5) is 28.2. The van der Waals surface area contributed by atoms with E-state index in [1.165, 1.54) is 32.5 Å². The molecular formula is C20H18BrN3O4S. The Kier molecular flexibility index (Phi) is 6.50. The number of anilines is 2. The largest absolute Gasteiger partial charge is 0.495 e. The Hall–Kier alpha value is -2.91. The van der Waals surface area contributed by atoms with Crippen LogP contribution in [0, 0.1) is 0 Å². The summed E-state index contributed by atoms with van der Waals surface area (Å²) in [6, 6.07) is 10.6. The summed E-state index contributed by atoms with van der Waals surface area (Å²) < 4.78 is 11.2. The average Bonchev–Trinajstić information content (AvgIpc) is 3.16. The van der Waals surface area contributed by atoms with Gasteiger partial charge in [0.1, 0.15) is 16.0 Å². The monoisotopic (exact) mass is 475 g/mol. The van der Waals surface area contributed by atoms with Gasteiger partial charge in [-0.1, -0.05) is 12.1 Å². The number of nitrogens with one attached hydrogen (secondary N) is 2. The Bertz CT molecular complexity index is 1030. The summed E-state index contributed by atoms with van der Waals surface area (Å²) in [5.41, 5.74) is 2.70. The number of hydrogen-bond acceptors (Lipinski definition) is 6.